The molecule has 0 saturated carbocycles. The summed E-state index contributed by atoms with van der Waals surface area (Å²) in [5.74, 6) is 0.475. The summed E-state index contributed by atoms with van der Waals surface area (Å²) in [7, 11) is 0. The van der Waals surface area contributed by atoms with Gasteiger partial charge in [-0.2, -0.15) is 0 Å². The van der Waals surface area contributed by atoms with Crippen LogP contribution in [0.25, 0.3) is 0 Å². The number of alkyl halides is 1. The van der Waals surface area contributed by atoms with Gasteiger partial charge >= 0.3 is 0 Å². The van der Waals surface area contributed by atoms with Gasteiger partial charge in [0, 0.05) is 6.20 Å². The van der Waals surface area contributed by atoms with Gasteiger partial charge in [0.15, 0.2) is 5.16 Å². The number of nitrogens with zero attached hydrogens (tertiary/aromatic N) is 2. The maximum absolute atomic E-state index is 5.43. The molecule has 0 aliphatic heterocycles. The van der Waals surface area contributed by atoms with Crippen molar-refractivity contribution in [3.63, 3.8) is 0 Å². The molecule has 2 N–H and O–H groups in total. The minimum absolute atomic E-state index is 0.448. The first-order chi connectivity index (χ1) is 4.83. The standard InChI is InChI=1S/C5H6ClN3S/c6-3-10-5-8-2-1-4(7)9-5/h1-2H,3H2,(H2,7,8,9). The van der Waals surface area contributed by atoms with Crippen LogP contribution in [0.1, 0.15) is 0 Å². The number of nitrogen functional groups attached to an aromatic ring is 1. The molecular formula is C5H6ClN3S. The molecule has 0 fully saturated rings. The average Bonchev–Trinajstić information content (AvgIpc) is 1.88. The number of anilines is 1. The fraction of sp³-hybridized carbons (Fsp3) is 0.200. The summed E-state index contributed by atoms with van der Waals surface area (Å²) < 4.78 is 0. The Morgan fingerprint density at radius 3 is 3.10 bits per heavy atom. The number of rotatable bonds is 2. The van der Waals surface area contributed by atoms with Crippen LogP contribution in [0.2, 0.25) is 0 Å². The van der Waals surface area contributed by atoms with Crippen LogP contribution in [0.3, 0.4) is 0 Å². The highest BCUT2D eigenvalue weighted by molar-refractivity contribution is 8.00. The summed E-state index contributed by atoms with van der Waals surface area (Å²) in [4.78, 5) is 7.82. The van der Waals surface area contributed by atoms with Gasteiger partial charge < -0.3 is 5.73 Å². The third-order valence-corrected chi connectivity index (χ3v) is 1.73. The molecule has 0 unspecified atom stereocenters. The Morgan fingerprint density at radius 2 is 2.50 bits per heavy atom. The van der Waals surface area contributed by atoms with Gasteiger partial charge in [-0.15, -0.1) is 11.6 Å². The third-order valence-electron chi connectivity index (χ3n) is 0.839. The molecule has 10 heavy (non-hydrogen) atoms. The average molecular weight is 176 g/mol. The predicted molar refractivity (Wildman–Crippen MR) is 43.0 cm³/mol. The molecule has 3 nitrogen and oxygen atoms in total. The van der Waals surface area contributed by atoms with Gasteiger partial charge in [-0.1, -0.05) is 11.8 Å². The van der Waals surface area contributed by atoms with Gasteiger partial charge in [-0.25, -0.2) is 9.97 Å². The van der Waals surface area contributed by atoms with Crippen LogP contribution in [-0.2, 0) is 0 Å². The topological polar surface area (TPSA) is 51.8 Å². The lowest BCUT2D eigenvalue weighted by molar-refractivity contribution is 0.979. The molecular weight excluding hydrogens is 170 g/mol. The maximum atomic E-state index is 5.43. The fourth-order valence-corrected chi connectivity index (χ4v) is 1.17. The summed E-state index contributed by atoms with van der Waals surface area (Å²) in [6.45, 7) is 0. The lowest BCUT2D eigenvalue weighted by Gasteiger charge is -1.94. The van der Waals surface area contributed by atoms with Gasteiger partial charge in [-0.05, 0) is 6.07 Å². The first-order valence-electron chi connectivity index (χ1n) is 2.60. The van der Waals surface area contributed by atoms with E-state index in [9.17, 15) is 0 Å². The molecule has 0 bridgehead atoms. The molecule has 1 aromatic rings. The van der Waals surface area contributed by atoms with E-state index in [1.807, 2.05) is 0 Å². The van der Waals surface area contributed by atoms with Gasteiger partial charge in [0.2, 0.25) is 0 Å². The van der Waals surface area contributed by atoms with Crippen molar-refractivity contribution in [2.75, 3.05) is 10.9 Å². The van der Waals surface area contributed by atoms with E-state index in [1.165, 1.54) is 11.8 Å². The molecule has 0 aromatic carbocycles. The van der Waals surface area contributed by atoms with Crippen molar-refractivity contribution in [3.8, 4) is 0 Å². The number of thioether (sulfide) groups is 1. The van der Waals surface area contributed by atoms with E-state index in [4.69, 9.17) is 17.3 Å². The molecule has 0 aliphatic rings. The minimum Gasteiger partial charge on any atom is -0.384 e. The molecule has 1 aromatic heterocycles. The number of halogens is 1. The summed E-state index contributed by atoms with van der Waals surface area (Å²) in [6, 6.07) is 1.64. The van der Waals surface area contributed by atoms with Crippen LogP contribution >= 0.6 is 23.4 Å². The number of hydrogen-bond acceptors (Lipinski definition) is 4. The summed E-state index contributed by atoms with van der Waals surface area (Å²) in [5, 5.41) is 1.07. The molecule has 0 aliphatic carbocycles. The largest absolute Gasteiger partial charge is 0.384 e. The van der Waals surface area contributed by atoms with Gasteiger partial charge in [0.25, 0.3) is 0 Å². The number of nitrogens with two attached hydrogens (primary N) is 1. The first kappa shape index (κ1) is 7.63. The lowest BCUT2D eigenvalue weighted by Crippen LogP contribution is -1.92. The summed E-state index contributed by atoms with van der Waals surface area (Å²) in [6.07, 6.45) is 1.61. The van der Waals surface area contributed by atoms with Crippen LogP contribution in [-0.4, -0.2) is 15.2 Å². The van der Waals surface area contributed by atoms with Crippen LogP contribution in [0.5, 0.6) is 0 Å². The summed E-state index contributed by atoms with van der Waals surface area (Å²) >= 11 is 6.78. The molecule has 1 rings (SSSR count). The Labute approximate surface area is 68.0 Å². The van der Waals surface area contributed by atoms with E-state index in [2.05, 4.69) is 9.97 Å². The van der Waals surface area contributed by atoms with Crippen molar-refractivity contribution >= 4 is 29.2 Å². The van der Waals surface area contributed by atoms with Gasteiger partial charge in [0.1, 0.15) is 5.82 Å². The van der Waals surface area contributed by atoms with Crippen molar-refractivity contribution in [2.45, 2.75) is 5.16 Å². The van der Waals surface area contributed by atoms with Crippen molar-refractivity contribution in [2.24, 2.45) is 0 Å². The van der Waals surface area contributed by atoms with Crippen LogP contribution in [0, 0.1) is 0 Å². The lowest BCUT2D eigenvalue weighted by atomic mass is 10.6. The molecule has 0 atom stereocenters. The van der Waals surface area contributed by atoms with Crippen LogP contribution in [0.15, 0.2) is 17.4 Å². The van der Waals surface area contributed by atoms with E-state index in [0.29, 0.717) is 16.2 Å². The Bertz CT molecular complexity index is 218. The molecule has 1 heterocycles. The zero-order valence-corrected chi connectivity index (χ0v) is 6.69. The Balaban J connectivity index is 2.75. The van der Waals surface area contributed by atoms with Crippen LogP contribution in [0.4, 0.5) is 5.82 Å². The van der Waals surface area contributed by atoms with Gasteiger partial charge in [-0.3, -0.25) is 0 Å². The summed E-state index contributed by atoms with van der Waals surface area (Å²) in [5.41, 5.74) is 5.38. The minimum atomic E-state index is 0.448. The second-order valence-corrected chi connectivity index (χ2v) is 3.04. The Hall–Kier alpha value is -0.480. The molecule has 0 amide bonds. The van der Waals surface area contributed by atoms with Crippen molar-refractivity contribution in [3.05, 3.63) is 12.3 Å². The quantitative estimate of drug-likeness (QED) is 0.419. The highest BCUT2D eigenvalue weighted by Crippen LogP contribution is 2.13. The maximum Gasteiger partial charge on any atom is 0.190 e. The number of aromatic nitrogens is 2. The van der Waals surface area contributed by atoms with E-state index in [0.717, 1.165) is 0 Å². The van der Waals surface area contributed by atoms with E-state index < -0.39 is 0 Å². The van der Waals surface area contributed by atoms with Crippen LogP contribution < -0.4 is 5.73 Å². The zero-order valence-electron chi connectivity index (χ0n) is 5.12. The molecule has 54 valence electrons. The second-order valence-electron chi connectivity index (χ2n) is 1.52. The van der Waals surface area contributed by atoms with Gasteiger partial charge in [0.05, 0.1) is 5.21 Å². The monoisotopic (exact) mass is 175 g/mol. The van der Waals surface area contributed by atoms with Crippen molar-refractivity contribution < 1.29 is 0 Å². The normalized spacial score (nSPS) is 9.70. The van der Waals surface area contributed by atoms with E-state index in [-0.39, 0.29) is 0 Å². The molecule has 0 spiro atoms. The van der Waals surface area contributed by atoms with E-state index >= 15 is 0 Å². The SMILES string of the molecule is Nc1ccnc(SCCl)n1. The van der Waals surface area contributed by atoms with E-state index in [1.54, 1.807) is 12.3 Å². The third kappa shape index (κ3) is 2.04. The first-order valence-corrected chi connectivity index (χ1v) is 4.12. The second kappa shape index (κ2) is 3.63. The highest BCUT2D eigenvalue weighted by atomic mass is 35.5. The molecule has 0 saturated heterocycles. The highest BCUT2D eigenvalue weighted by Gasteiger charge is 1.94. The number of hydrogen-bond donors (Lipinski definition) is 1. The smallest absolute Gasteiger partial charge is 0.190 e. The predicted octanol–water partition coefficient (Wildman–Crippen LogP) is 1.35. The van der Waals surface area contributed by atoms with Crippen molar-refractivity contribution in [1.29, 1.82) is 0 Å². The fourth-order valence-electron chi connectivity index (χ4n) is 0.472. The Kier molecular flexibility index (Phi) is 2.77. The van der Waals surface area contributed by atoms with Crippen molar-refractivity contribution in [1.82, 2.24) is 9.97 Å². The Morgan fingerprint density at radius 1 is 1.70 bits per heavy atom. The molecule has 5 heteroatoms. The molecule has 0 radical (unpaired) electrons. The zero-order chi connectivity index (χ0) is 7.40.